The minimum Gasteiger partial charge on any atom is -0.355 e. The minimum atomic E-state index is -4.01. The summed E-state index contributed by atoms with van der Waals surface area (Å²) in [6, 6.07) is 13.8. The number of carbonyl (C=O) groups excluding carboxylic acids is 1. The van der Waals surface area contributed by atoms with Gasteiger partial charge in [-0.25, -0.2) is 18.3 Å². The molecule has 4 N–H and O–H groups in total. The van der Waals surface area contributed by atoms with E-state index in [1.807, 2.05) is 44.2 Å². The van der Waals surface area contributed by atoms with E-state index in [9.17, 15) is 21.6 Å². The highest BCUT2D eigenvalue weighted by molar-refractivity contribution is 7.89. The Balaban J connectivity index is 1.85. The number of carbonyl (C=O) groups is 1. The lowest BCUT2D eigenvalue weighted by atomic mass is 9.98. The summed E-state index contributed by atoms with van der Waals surface area (Å²) in [6.07, 6.45) is 3.77. The Bertz CT molecular complexity index is 1560. The molecule has 1 aromatic heterocycles. The smallest absolute Gasteiger partial charge is 0.274 e. The number of amides is 1. The molecule has 0 aliphatic heterocycles. The number of hydrogen-bond donors (Lipinski definition) is 3. The Kier molecular flexibility index (Phi) is 10.8. The van der Waals surface area contributed by atoms with Crippen LogP contribution in [-0.2, 0) is 25.0 Å². The molecular weight excluding hydrogens is 574 g/mol. The number of aryl methyl sites for hydroxylation is 1. The molecule has 0 radical (unpaired) electrons. The maximum Gasteiger partial charge on any atom is 0.274 e. The van der Waals surface area contributed by atoms with Crippen molar-refractivity contribution in [1.82, 2.24) is 19.3 Å². The van der Waals surface area contributed by atoms with Crippen molar-refractivity contribution < 1.29 is 21.6 Å². The van der Waals surface area contributed by atoms with E-state index in [1.165, 1.54) is 10.4 Å². The topological polar surface area (TPSA) is 152 Å². The highest BCUT2D eigenvalue weighted by atomic mass is 35.5. The number of pyridine rings is 1. The number of nitrogens with zero attached hydrogens (tertiary/aromatic N) is 2. The molecule has 0 fully saturated rings. The predicted molar refractivity (Wildman–Crippen MR) is 156 cm³/mol. The molecule has 1 unspecified atom stereocenters. The third kappa shape index (κ3) is 8.32. The molecule has 1 amide bonds. The van der Waals surface area contributed by atoms with Crippen LogP contribution >= 0.6 is 11.6 Å². The largest absolute Gasteiger partial charge is 0.355 e. The number of aromatic nitrogens is 1. The lowest BCUT2D eigenvalue weighted by molar-refractivity contribution is -0.121. The van der Waals surface area contributed by atoms with E-state index < -0.39 is 26.3 Å². The quantitative estimate of drug-likeness (QED) is 0.253. The van der Waals surface area contributed by atoms with Crippen LogP contribution in [0.4, 0.5) is 0 Å². The van der Waals surface area contributed by atoms with Crippen molar-refractivity contribution in [2.75, 3.05) is 19.6 Å². The van der Waals surface area contributed by atoms with Crippen LogP contribution in [-0.4, -0.2) is 51.7 Å². The molecule has 3 aromatic rings. The fraction of sp³-hybridized carbons (Fsp3) is 0.333. The van der Waals surface area contributed by atoms with Gasteiger partial charge in [0.15, 0.2) is 0 Å². The summed E-state index contributed by atoms with van der Waals surface area (Å²) < 4.78 is 53.4. The number of sulfonamides is 1. The second-order valence-corrected chi connectivity index (χ2v) is 13.0. The average Bonchev–Trinajstić information content (AvgIpc) is 2.90. The van der Waals surface area contributed by atoms with Crippen LogP contribution in [0.3, 0.4) is 0 Å². The summed E-state index contributed by atoms with van der Waals surface area (Å²) >= 11 is 6.27. The summed E-state index contributed by atoms with van der Waals surface area (Å²) in [4.78, 5) is 16.6. The first-order valence-electron chi connectivity index (χ1n) is 12.6. The summed E-state index contributed by atoms with van der Waals surface area (Å²) in [6.45, 7) is 5.51. The molecule has 1 atom stereocenters. The number of benzene rings is 2. The van der Waals surface area contributed by atoms with E-state index in [0.717, 1.165) is 22.3 Å². The number of halogens is 1. The van der Waals surface area contributed by atoms with Crippen molar-refractivity contribution in [3.05, 3.63) is 82.6 Å². The predicted octanol–water partition coefficient (Wildman–Crippen LogP) is 3.46. The van der Waals surface area contributed by atoms with Gasteiger partial charge in [-0.2, -0.15) is 12.7 Å². The van der Waals surface area contributed by atoms with E-state index in [-0.39, 0.29) is 43.3 Å². The van der Waals surface area contributed by atoms with Gasteiger partial charge < -0.3 is 5.32 Å². The summed E-state index contributed by atoms with van der Waals surface area (Å²) in [5.74, 6) is -0.338. The van der Waals surface area contributed by atoms with E-state index in [1.54, 1.807) is 31.5 Å². The maximum absolute atomic E-state index is 14.0. The Morgan fingerprint density at radius 1 is 1.07 bits per heavy atom. The lowest BCUT2D eigenvalue weighted by Gasteiger charge is -2.30. The van der Waals surface area contributed by atoms with Crippen LogP contribution in [0, 0.1) is 13.8 Å². The highest BCUT2D eigenvalue weighted by Gasteiger charge is 2.31. The molecule has 0 bridgehead atoms. The van der Waals surface area contributed by atoms with Crippen molar-refractivity contribution >= 4 is 37.7 Å². The first kappa shape index (κ1) is 31.7. The standard InChI is InChI=1S/C27H34ClN5O5S2/c1-19-18-30-13-12-24(19)23-8-4-7-22(17-23)21(3)33(39(35,36)26-10-5-9-25(28)20(26)2)16-6-11-27(34)31-14-15-32-40(29,37)38/h4-5,7-10,12-13,17-18,21,32H,6,11,14-16H2,1-3H3,(H,31,34)(H2,29,37,38). The van der Waals surface area contributed by atoms with E-state index in [2.05, 4.69) is 15.0 Å². The van der Waals surface area contributed by atoms with Crippen LogP contribution in [0.1, 0.15) is 42.5 Å². The molecule has 1 heterocycles. The van der Waals surface area contributed by atoms with Gasteiger partial charge in [0.25, 0.3) is 10.2 Å². The molecule has 10 nitrogen and oxygen atoms in total. The number of nitrogens with one attached hydrogen (secondary N) is 2. The summed E-state index contributed by atoms with van der Waals surface area (Å²) in [7, 11) is -7.85. The van der Waals surface area contributed by atoms with Crippen LogP contribution in [0.2, 0.25) is 5.02 Å². The van der Waals surface area contributed by atoms with Gasteiger partial charge in [-0.3, -0.25) is 9.78 Å². The van der Waals surface area contributed by atoms with Crippen LogP contribution in [0.5, 0.6) is 0 Å². The molecule has 0 aliphatic rings. The van der Waals surface area contributed by atoms with Gasteiger partial charge in [0.2, 0.25) is 15.9 Å². The molecule has 0 aliphatic carbocycles. The zero-order chi connectivity index (χ0) is 29.5. The normalized spacial score (nSPS) is 12.8. The van der Waals surface area contributed by atoms with Crippen molar-refractivity contribution in [3.63, 3.8) is 0 Å². The Labute approximate surface area is 241 Å². The lowest BCUT2D eigenvalue weighted by Crippen LogP contribution is -2.38. The monoisotopic (exact) mass is 607 g/mol. The van der Waals surface area contributed by atoms with Gasteiger partial charge in [-0.15, -0.1) is 0 Å². The van der Waals surface area contributed by atoms with Gasteiger partial charge in [0.05, 0.1) is 4.90 Å². The molecule has 216 valence electrons. The molecule has 13 heteroatoms. The molecular formula is C27H34ClN5O5S2. The van der Waals surface area contributed by atoms with E-state index in [4.69, 9.17) is 16.7 Å². The summed E-state index contributed by atoms with van der Waals surface area (Å²) in [5, 5.41) is 7.82. The van der Waals surface area contributed by atoms with Gasteiger partial charge in [-0.05, 0) is 79.3 Å². The maximum atomic E-state index is 14.0. The van der Waals surface area contributed by atoms with Gasteiger partial charge >= 0.3 is 0 Å². The van der Waals surface area contributed by atoms with Crippen LogP contribution in [0.15, 0.2) is 65.8 Å². The molecule has 40 heavy (non-hydrogen) atoms. The van der Waals surface area contributed by atoms with Crippen molar-refractivity contribution in [2.24, 2.45) is 5.14 Å². The molecule has 0 saturated heterocycles. The zero-order valence-electron chi connectivity index (χ0n) is 22.6. The first-order valence-corrected chi connectivity index (χ1v) is 16.0. The van der Waals surface area contributed by atoms with Crippen molar-refractivity contribution in [1.29, 1.82) is 0 Å². The zero-order valence-corrected chi connectivity index (χ0v) is 25.0. The third-order valence-electron chi connectivity index (χ3n) is 6.47. The average molecular weight is 608 g/mol. The molecule has 0 saturated carbocycles. The van der Waals surface area contributed by atoms with Gasteiger partial charge in [0, 0.05) is 49.5 Å². The minimum absolute atomic E-state index is 0.0406. The van der Waals surface area contributed by atoms with Crippen molar-refractivity contribution in [2.45, 2.75) is 44.6 Å². The Morgan fingerprint density at radius 2 is 1.80 bits per heavy atom. The second-order valence-electron chi connectivity index (χ2n) is 9.36. The van der Waals surface area contributed by atoms with Crippen molar-refractivity contribution in [3.8, 4) is 11.1 Å². The number of hydrogen-bond acceptors (Lipinski definition) is 6. The number of rotatable bonds is 13. The number of nitrogens with two attached hydrogens (primary N) is 1. The summed E-state index contributed by atoms with van der Waals surface area (Å²) in [5.41, 5.74) is 4.17. The molecule has 2 aromatic carbocycles. The SMILES string of the molecule is Cc1cnccc1-c1cccc(C(C)N(CCCC(=O)NCCNS(N)(=O)=O)S(=O)(=O)c2cccc(Cl)c2C)c1. The van der Waals surface area contributed by atoms with E-state index >= 15 is 0 Å². The third-order valence-corrected chi connectivity index (χ3v) is 9.60. The van der Waals surface area contributed by atoms with Gasteiger partial charge in [0.1, 0.15) is 0 Å². The van der Waals surface area contributed by atoms with Crippen LogP contribution < -0.4 is 15.2 Å². The fourth-order valence-corrected chi connectivity index (χ4v) is 6.85. The fourth-order valence-electron chi connectivity index (χ4n) is 4.32. The first-order chi connectivity index (χ1) is 18.8. The second kappa shape index (κ2) is 13.7. The highest BCUT2D eigenvalue weighted by Crippen LogP contribution is 2.33. The molecule has 0 spiro atoms. The van der Waals surface area contributed by atoms with Crippen LogP contribution in [0.25, 0.3) is 11.1 Å². The Hall–Kier alpha value is -2.87. The molecule has 3 rings (SSSR count). The van der Waals surface area contributed by atoms with Gasteiger partial charge in [-0.1, -0.05) is 35.9 Å². The Morgan fingerprint density at radius 3 is 2.50 bits per heavy atom. The van der Waals surface area contributed by atoms with E-state index in [0.29, 0.717) is 10.6 Å².